The van der Waals surface area contributed by atoms with E-state index in [2.05, 4.69) is 27.1 Å². The van der Waals surface area contributed by atoms with E-state index in [1.165, 1.54) is 0 Å². The van der Waals surface area contributed by atoms with Crippen LogP contribution in [0.25, 0.3) is 0 Å². The number of hydrogen-bond acceptors (Lipinski definition) is 4. The summed E-state index contributed by atoms with van der Waals surface area (Å²) in [4.78, 5) is 10.9. The third kappa shape index (κ3) is 3.20. The molecule has 0 radical (unpaired) electrons. The highest BCUT2D eigenvalue weighted by atomic mass is 15.2. The molecule has 0 saturated heterocycles. The van der Waals surface area contributed by atoms with E-state index in [0.29, 0.717) is 0 Å². The Hall–Kier alpha value is -2.10. The second kappa shape index (κ2) is 6.00. The molecule has 0 aliphatic heterocycles. The van der Waals surface area contributed by atoms with Crippen molar-refractivity contribution in [1.29, 1.82) is 0 Å². The highest BCUT2D eigenvalue weighted by Gasteiger charge is 2.04. The van der Waals surface area contributed by atoms with E-state index in [9.17, 15) is 0 Å². The topological polar surface area (TPSA) is 41.0 Å². The molecule has 0 aliphatic carbocycles. The van der Waals surface area contributed by atoms with Crippen molar-refractivity contribution in [3.8, 4) is 0 Å². The molecule has 2 rings (SSSR count). The first-order valence-electron chi connectivity index (χ1n) is 6.11. The molecule has 0 atom stereocenters. The number of hydrogen-bond donors (Lipinski definition) is 1. The summed E-state index contributed by atoms with van der Waals surface area (Å²) in [6.45, 7) is 3.69. The fourth-order valence-corrected chi connectivity index (χ4v) is 1.73. The number of rotatable bonds is 5. The summed E-state index contributed by atoms with van der Waals surface area (Å²) in [5.41, 5.74) is 1.04. The quantitative estimate of drug-likeness (QED) is 0.874. The van der Waals surface area contributed by atoms with Crippen LogP contribution in [-0.2, 0) is 6.54 Å². The molecule has 4 nitrogen and oxygen atoms in total. The molecule has 0 saturated carbocycles. The van der Waals surface area contributed by atoms with Gasteiger partial charge >= 0.3 is 0 Å². The standard InChI is InChI=1S/C14H18N4/c1-3-15-13-8-6-9-14(17-13)18(2)11-12-7-4-5-10-16-12/h4-10H,3,11H2,1-2H3,(H,15,17). The van der Waals surface area contributed by atoms with Crippen molar-refractivity contribution >= 4 is 11.6 Å². The van der Waals surface area contributed by atoms with Crippen LogP contribution in [0.1, 0.15) is 12.6 Å². The smallest absolute Gasteiger partial charge is 0.131 e. The van der Waals surface area contributed by atoms with Crippen LogP contribution in [0.4, 0.5) is 11.6 Å². The normalized spacial score (nSPS) is 10.1. The highest BCUT2D eigenvalue weighted by Crippen LogP contribution is 2.14. The second-order valence-corrected chi connectivity index (χ2v) is 4.09. The van der Waals surface area contributed by atoms with E-state index >= 15 is 0 Å². The van der Waals surface area contributed by atoms with Crippen molar-refractivity contribution < 1.29 is 0 Å². The van der Waals surface area contributed by atoms with Crippen LogP contribution in [0.2, 0.25) is 0 Å². The SMILES string of the molecule is CCNc1cccc(N(C)Cc2ccccn2)n1. The Morgan fingerprint density at radius 2 is 2.06 bits per heavy atom. The van der Waals surface area contributed by atoms with Gasteiger partial charge in [0.2, 0.25) is 0 Å². The molecule has 1 N–H and O–H groups in total. The van der Waals surface area contributed by atoms with Crippen LogP contribution in [-0.4, -0.2) is 23.6 Å². The molecule has 94 valence electrons. The van der Waals surface area contributed by atoms with E-state index in [4.69, 9.17) is 0 Å². The summed E-state index contributed by atoms with van der Waals surface area (Å²) in [6.07, 6.45) is 1.81. The Balaban J connectivity index is 2.08. The number of nitrogens with zero attached hydrogens (tertiary/aromatic N) is 3. The Bertz CT molecular complexity index is 484. The monoisotopic (exact) mass is 242 g/mol. The van der Waals surface area contributed by atoms with Gasteiger partial charge < -0.3 is 10.2 Å². The maximum Gasteiger partial charge on any atom is 0.131 e. The lowest BCUT2D eigenvalue weighted by Gasteiger charge is -2.18. The zero-order valence-corrected chi connectivity index (χ0v) is 10.8. The Morgan fingerprint density at radius 1 is 1.17 bits per heavy atom. The van der Waals surface area contributed by atoms with Crippen LogP contribution < -0.4 is 10.2 Å². The van der Waals surface area contributed by atoms with Crippen molar-refractivity contribution in [2.75, 3.05) is 23.8 Å². The van der Waals surface area contributed by atoms with Crippen LogP contribution in [0.15, 0.2) is 42.6 Å². The molecule has 0 bridgehead atoms. The lowest BCUT2D eigenvalue weighted by Crippen LogP contribution is -2.18. The van der Waals surface area contributed by atoms with Gasteiger partial charge in [-0.3, -0.25) is 4.98 Å². The third-order valence-corrected chi connectivity index (χ3v) is 2.61. The van der Waals surface area contributed by atoms with E-state index < -0.39 is 0 Å². The maximum atomic E-state index is 4.55. The predicted octanol–water partition coefficient (Wildman–Crippen LogP) is 2.54. The molecule has 4 heteroatoms. The van der Waals surface area contributed by atoms with Gasteiger partial charge in [-0.1, -0.05) is 12.1 Å². The molecular weight excluding hydrogens is 224 g/mol. The lowest BCUT2D eigenvalue weighted by molar-refractivity contribution is 0.866. The highest BCUT2D eigenvalue weighted by molar-refractivity contribution is 5.46. The zero-order chi connectivity index (χ0) is 12.8. The number of anilines is 2. The minimum atomic E-state index is 0.753. The summed E-state index contributed by atoms with van der Waals surface area (Å²) in [7, 11) is 2.02. The fourth-order valence-electron chi connectivity index (χ4n) is 1.73. The molecule has 0 aromatic carbocycles. The molecule has 2 aromatic heterocycles. The van der Waals surface area contributed by atoms with Gasteiger partial charge in [-0.05, 0) is 31.2 Å². The molecule has 2 aromatic rings. The summed E-state index contributed by atoms with van der Waals surface area (Å²) in [6, 6.07) is 11.9. The molecule has 0 fully saturated rings. The van der Waals surface area contributed by atoms with Crippen LogP contribution >= 0.6 is 0 Å². The third-order valence-electron chi connectivity index (χ3n) is 2.61. The second-order valence-electron chi connectivity index (χ2n) is 4.09. The minimum Gasteiger partial charge on any atom is -0.370 e. The van der Waals surface area contributed by atoms with Crippen LogP contribution in [0.3, 0.4) is 0 Å². The van der Waals surface area contributed by atoms with Gasteiger partial charge in [0, 0.05) is 19.8 Å². The van der Waals surface area contributed by atoms with Gasteiger partial charge in [0.15, 0.2) is 0 Å². The van der Waals surface area contributed by atoms with Crippen LogP contribution in [0, 0.1) is 0 Å². The van der Waals surface area contributed by atoms with E-state index in [1.54, 1.807) is 0 Å². The van der Waals surface area contributed by atoms with Gasteiger partial charge in [-0.2, -0.15) is 0 Å². The van der Waals surface area contributed by atoms with E-state index in [0.717, 1.165) is 30.4 Å². The van der Waals surface area contributed by atoms with Crippen LogP contribution in [0.5, 0.6) is 0 Å². The van der Waals surface area contributed by atoms with Crippen molar-refractivity contribution in [2.24, 2.45) is 0 Å². The fraction of sp³-hybridized carbons (Fsp3) is 0.286. The van der Waals surface area contributed by atoms with Crippen molar-refractivity contribution in [3.63, 3.8) is 0 Å². The number of aromatic nitrogens is 2. The van der Waals surface area contributed by atoms with Gasteiger partial charge in [0.05, 0.1) is 12.2 Å². The first-order chi connectivity index (χ1) is 8.79. The first kappa shape index (κ1) is 12.4. The molecule has 0 amide bonds. The van der Waals surface area contributed by atoms with Gasteiger partial charge in [0.25, 0.3) is 0 Å². The average Bonchev–Trinajstić information content (AvgIpc) is 2.40. The van der Waals surface area contributed by atoms with Gasteiger partial charge in [0.1, 0.15) is 11.6 Å². The molecule has 18 heavy (non-hydrogen) atoms. The van der Waals surface area contributed by atoms with E-state index in [-0.39, 0.29) is 0 Å². The van der Waals surface area contributed by atoms with Gasteiger partial charge in [-0.25, -0.2) is 4.98 Å². The number of pyridine rings is 2. The van der Waals surface area contributed by atoms with Crippen molar-refractivity contribution in [3.05, 3.63) is 48.3 Å². The molecular formula is C14H18N4. The summed E-state index contributed by atoms with van der Waals surface area (Å²) >= 11 is 0. The van der Waals surface area contributed by atoms with Crippen molar-refractivity contribution in [2.45, 2.75) is 13.5 Å². The van der Waals surface area contributed by atoms with Crippen molar-refractivity contribution in [1.82, 2.24) is 9.97 Å². The van der Waals surface area contributed by atoms with Gasteiger partial charge in [-0.15, -0.1) is 0 Å². The first-order valence-corrected chi connectivity index (χ1v) is 6.11. The predicted molar refractivity (Wildman–Crippen MR) is 74.7 cm³/mol. The average molecular weight is 242 g/mol. The summed E-state index contributed by atoms with van der Waals surface area (Å²) in [5, 5.41) is 3.21. The summed E-state index contributed by atoms with van der Waals surface area (Å²) in [5.74, 6) is 1.85. The Labute approximate surface area is 108 Å². The maximum absolute atomic E-state index is 4.55. The Kier molecular flexibility index (Phi) is 4.12. The molecule has 0 aliphatic rings. The lowest BCUT2D eigenvalue weighted by atomic mass is 10.3. The van der Waals surface area contributed by atoms with E-state index in [1.807, 2.05) is 49.6 Å². The minimum absolute atomic E-state index is 0.753. The largest absolute Gasteiger partial charge is 0.370 e. The molecule has 0 unspecified atom stereocenters. The number of nitrogens with one attached hydrogen (secondary N) is 1. The summed E-state index contributed by atoms with van der Waals surface area (Å²) < 4.78 is 0. The molecule has 0 spiro atoms. The zero-order valence-electron chi connectivity index (χ0n) is 10.8. The Morgan fingerprint density at radius 3 is 2.78 bits per heavy atom. The molecule has 2 heterocycles.